The van der Waals surface area contributed by atoms with Crippen molar-refractivity contribution in [2.75, 3.05) is 0 Å². The normalized spacial score (nSPS) is 15.6. The smallest absolute Gasteiger partial charge is 0.335 e. The number of aromatic carboxylic acids is 1. The molecule has 0 atom stereocenters. The summed E-state index contributed by atoms with van der Waals surface area (Å²) >= 11 is 7.36. The summed E-state index contributed by atoms with van der Waals surface area (Å²) in [5, 5.41) is 13.0. The fraction of sp³-hybridized carbons (Fsp3) is 0.0800. The van der Waals surface area contributed by atoms with Crippen LogP contribution >= 0.6 is 23.4 Å². The number of aryl methyl sites for hydroxylation is 1. The fourth-order valence-corrected chi connectivity index (χ4v) is 4.07. The number of carbonyl (C=O) groups is 2. The van der Waals surface area contributed by atoms with Gasteiger partial charge in [-0.15, -0.1) is 0 Å². The molecule has 0 saturated carbocycles. The van der Waals surface area contributed by atoms with Gasteiger partial charge in [0.15, 0.2) is 5.17 Å². The van der Waals surface area contributed by atoms with Crippen LogP contribution in [0, 0.1) is 6.92 Å². The number of carbonyl (C=O) groups excluding carboxylic acids is 1. The second-order valence-corrected chi connectivity index (χ2v) is 8.68. The van der Waals surface area contributed by atoms with Gasteiger partial charge in [0.2, 0.25) is 0 Å². The van der Waals surface area contributed by atoms with Crippen LogP contribution in [0.2, 0.25) is 5.02 Å². The summed E-state index contributed by atoms with van der Waals surface area (Å²) in [7, 11) is 0. The number of rotatable bonds is 6. The second kappa shape index (κ2) is 9.94. The molecule has 1 heterocycles. The van der Waals surface area contributed by atoms with E-state index in [1.807, 2.05) is 55.5 Å². The van der Waals surface area contributed by atoms with Crippen LogP contribution in [0.15, 0.2) is 76.6 Å². The highest BCUT2D eigenvalue weighted by atomic mass is 35.5. The molecule has 166 valence electrons. The minimum atomic E-state index is -1.03. The van der Waals surface area contributed by atoms with Gasteiger partial charge >= 0.3 is 5.97 Å². The number of hydrogen-bond donors (Lipinski definition) is 2. The largest absolute Gasteiger partial charge is 0.489 e. The fourth-order valence-electron chi connectivity index (χ4n) is 3.04. The van der Waals surface area contributed by atoms with E-state index in [0.29, 0.717) is 33.1 Å². The van der Waals surface area contributed by atoms with Gasteiger partial charge in [-0.05, 0) is 66.2 Å². The molecule has 1 aliphatic heterocycles. The lowest BCUT2D eigenvalue weighted by atomic mass is 10.1. The summed E-state index contributed by atoms with van der Waals surface area (Å²) in [5.41, 5.74) is 3.19. The molecule has 4 rings (SSSR count). The van der Waals surface area contributed by atoms with E-state index in [1.165, 1.54) is 23.9 Å². The molecule has 3 aromatic rings. The number of amidine groups is 1. The van der Waals surface area contributed by atoms with Crippen molar-refractivity contribution in [2.45, 2.75) is 13.5 Å². The summed E-state index contributed by atoms with van der Waals surface area (Å²) in [5.74, 6) is -0.596. The number of hydrogen-bond acceptors (Lipinski definition) is 5. The maximum absolute atomic E-state index is 12.4. The van der Waals surface area contributed by atoms with Gasteiger partial charge in [-0.25, -0.2) is 9.79 Å². The molecule has 2 N–H and O–H groups in total. The van der Waals surface area contributed by atoms with Crippen LogP contribution in [-0.2, 0) is 11.4 Å². The Labute approximate surface area is 200 Å². The van der Waals surface area contributed by atoms with Crippen LogP contribution in [0.25, 0.3) is 6.08 Å². The maximum atomic E-state index is 12.4. The number of amides is 1. The summed E-state index contributed by atoms with van der Waals surface area (Å²) < 4.78 is 5.79. The van der Waals surface area contributed by atoms with Crippen molar-refractivity contribution < 1.29 is 19.4 Å². The highest BCUT2D eigenvalue weighted by Gasteiger charge is 2.24. The first-order valence-electron chi connectivity index (χ1n) is 9.99. The number of ether oxygens (including phenoxy) is 1. The molecule has 1 fully saturated rings. The first-order valence-corrected chi connectivity index (χ1v) is 11.2. The molecule has 0 bridgehead atoms. The SMILES string of the molecule is Cc1ccc(C(=O)O)cc1N=C1NC(=O)C(=Cc2ccc(OCc3ccccc3Cl)cc2)S1. The lowest BCUT2D eigenvalue weighted by Crippen LogP contribution is -2.19. The van der Waals surface area contributed by atoms with Crippen molar-refractivity contribution in [3.8, 4) is 5.75 Å². The van der Waals surface area contributed by atoms with Crippen LogP contribution in [0.1, 0.15) is 27.0 Å². The topological polar surface area (TPSA) is 88.0 Å². The Bertz CT molecular complexity index is 1290. The minimum Gasteiger partial charge on any atom is -0.489 e. The van der Waals surface area contributed by atoms with Gasteiger partial charge in [-0.1, -0.05) is 48.0 Å². The summed E-state index contributed by atoms with van der Waals surface area (Å²) in [6.07, 6.45) is 1.76. The second-order valence-electron chi connectivity index (χ2n) is 7.24. The average molecular weight is 479 g/mol. The van der Waals surface area contributed by atoms with Gasteiger partial charge < -0.3 is 15.2 Å². The average Bonchev–Trinajstić information content (AvgIpc) is 3.14. The van der Waals surface area contributed by atoms with Gasteiger partial charge in [0.25, 0.3) is 5.91 Å². The number of benzene rings is 3. The van der Waals surface area contributed by atoms with Gasteiger partial charge in [-0.2, -0.15) is 0 Å². The van der Waals surface area contributed by atoms with E-state index in [-0.39, 0.29) is 11.5 Å². The van der Waals surface area contributed by atoms with Crippen molar-refractivity contribution in [3.05, 3.63) is 98.9 Å². The molecular formula is C25H19ClN2O4S. The molecule has 1 aliphatic rings. The predicted octanol–water partition coefficient (Wildman–Crippen LogP) is 5.82. The van der Waals surface area contributed by atoms with E-state index in [1.54, 1.807) is 12.1 Å². The Kier molecular flexibility index (Phi) is 6.82. The van der Waals surface area contributed by atoms with Crippen LogP contribution in [0.5, 0.6) is 5.75 Å². The van der Waals surface area contributed by atoms with Crippen molar-refractivity contribution >= 4 is 52.2 Å². The highest BCUT2D eigenvalue weighted by Crippen LogP contribution is 2.30. The highest BCUT2D eigenvalue weighted by molar-refractivity contribution is 8.18. The Balaban J connectivity index is 1.45. The summed E-state index contributed by atoms with van der Waals surface area (Å²) in [4.78, 5) is 28.5. The van der Waals surface area contributed by atoms with Gasteiger partial charge in [0.05, 0.1) is 16.2 Å². The van der Waals surface area contributed by atoms with E-state index in [2.05, 4.69) is 10.3 Å². The zero-order chi connectivity index (χ0) is 23.4. The number of nitrogens with zero attached hydrogens (tertiary/aromatic N) is 1. The first-order chi connectivity index (χ1) is 15.9. The molecular weight excluding hydrogens is 460 g/mol. The van der Waals surface area contributed by atoms with Crippen LogP contribution < -0.4 is 10.1 Å². The number of halogens is 1. The number of carboxylic acid groups (broad SMARTS) is 1. The van der Waals surface area contributed by atoms with Crippen LogP contribution in [-0.4, -0.2) is 22.2 Å². The molecule has 1 amide bonds. The molecule has 8 heteroatoms. The monoisotopic (exact) mass is 478 g/mol. The van der Waals surface area contributed by atoms with Crippen LogP contribution in [0.3, 0.4) is 0 Å². The minimum absolute atomic E-state index is 0.141. The third-order valence-corrected chi connectivity index (χ3v) is 6.14. The summed E-state index contributed by atoms with van der Waals surface area (Å²) in [6.45, 7) is 2.19. The standard InChI is InChI=1S/C25H19ClN2O4S/c1-15-6-9-17(24(30)31)13-21(15)27-25-28-23(29)22(33-25)12-16-7-10-19(11-8-16)32-14-18-4-2-3-5-20(18)26/h2-13H,14H2,1H3,(H,30,31)(H,27,28,29). The Morgan fingerprint density at radius 2 is 1.91 bits per heavy atom. The summed E-state index contributed by atoms with van der Waals surface area (Å²) in [6, 6.07) is 19.6. The molecule has 1 saturated heterocycles. The third kappa shape index (κ3) is 5.63. The maximum Gasteiger partial charge on any atom is 0.335 e. The quantitative estimate of drug-likeness (QED) is 0.436. The molecule has 0 radical (unpaired) electrons. The zero-order valence-corrected chi connectivity index (χ0v) is 19.1. The Morgan fingerprint density at radius 1 is 1.15 bits per heavy atom. The lowest BCUT2D eigenvalue weighted by molar-refractivity contribution is -0.115. The Hall–Kier alpha value is -3.55. The molecule has 0 aromatic heterocycles. The predicted molar refractivity (Wildman–Crippen MR) is 131 cm³/mol. The first kappa shape index (κ1) is 22.6. The van der Waals surface area contributed by atoms with E-state index in [0.717, 1.165) is 16.7 Å². The third-order valence-electron chi connectivity index (χ3n) is 4.86. The van der Waals surface area contributed by atoms with Gasteiger partial charge in [0, 0.05) is 10.6 Å². The number of aliphatic imine (C=N–C) groups is 1. The van der Waals surface area contributed by atoms with E-state index in [9.17, 15) is 14.7 Å². The zero-order valence-electron chi connectivity index (χ0n) is 17.5. The molecule has 3 aromatic carbocycles. The van der Waals surface area contributed by atoms with Crippen molar-refractivity contribution in [3.63, 3.8) is 0 Å². The molecule has 0 unspecified atom stereocenters. The molecule has 33 heavy (non-hydrogen) atoms. The van der Waals surface area contributed by atoms with E-state index >= 15 is 0 Å². The molecule has 6 nitrogen and oxygen atoms in total. The van der Waals surface area contributed by atoms with Crippen molar-refractivity contribution in [1.29, 1.82) is 0 Å². The van der Waals surface area contributed by atoms with E-state index in [4.69, 9.17) is 16.3 Å². The Morgan fingerprint density at radius 3 is 2.64 bits per heavy atom. The molecule has 0 spiro atoms. The number of carboxylic acids is 1. The van der Waals surface area contributed by atoms with E-state index < -0.39 is 5.97 Å². The van der Waals surface area contributed by atoms with Gasteiger partial charge in [-0.3, -0.25) is 4.79 Å². The van der Waals surface area contributed by atoms with Crippen molar-refractivity contribution in [1.82, 2.24) is 5.32 Å². The number of nitrogens with one attached hydrogen (secondary N) is 1. The lowest BCUT2D eigenvalue weighted by Gasteiger charge is -2.08. The van der Waals surface area contributed by atoms with Crippen LogP contribution in [0.4, 0.5) is 5.69 Å². The number of thioether (sulfide) groups is 1. The molecule has 0 aliphatic carbocycles. The van der Waals surface area contributed by atoms with Crippen molar-refractivity contribution in [2.24, 2.45) is 4.99 Å². The van der Waals surface area contributed by atoms with Gasteiger partial charge in [0.1, 0.15) is 12.4 Å².